The van der Waals surface area contributed by atoms with E-state index in [0.717, 1.165) is 0 Å². The van der Waals surface area contributed by atoms with E-state index in [4.69, 9.17) is 18.9 Å². The highest BCUT2D eigenvalue weighted by Crippen LogP contribution is 2.29. The van der Waals surface area contributed by atoms with Gasteiger partial charge in [0.1, 0.15) is 48.8 Å². The Hall–Kier alpha value is -0.480. The van der Waals surface area contributed by atoms with E-state index in [1.807, 2.05) is 0 Å². The summed E-state index contributed by atoms with van der Waals surface area (Å²) in [6.07, 6.45) is -15.9. The van der Waals surface area contributed by atoms with Crippen LogP contribution in [0.1, 0.15) is 6.92 Å². The first-order valence-electron chi connectivity index (χ1n) is 8.59. The first kappa shape index (κ1) is 22.8. The molecule has 160 valence electrons. The molecule has 0 aromatic rings. The fourth-order valence-corrected chi connectivity index (χ4v) is 2.93. The van der Waals surface area contributed by atoms with Gasteiger partial charge >= 0.3 is 0 Å². The van der Waals surface area contributed by atoms with Gasteiger partial charge in [0.25, 0.3) is 0 Å². The zero-order valence-corrected chi connectivity index (χ0v) is 14.7. The van der Waals surface area contributed by atoms with Crippen LogP contribution < -0.4 is 0 Å². The van der Waals surface area contributed by atoms with Crippen LogP contribution in [-0.2, 0) is 18.9 Å². The van der Waals surface area contributed by atoms with Gasteiger partial charge in [0.2, 0.25) is 0 Å². The predicted molar refractivity (Wildman–Crippen MR) is 84.0 cm³/mol. The number of aliphatic hydroxyl groups excluding tert-OH is 8. The lowest BCUT2D eigenvalue weighted by Crippen LogP contribution is -2.64. The number of ether oxygens (including phenoxy) is 4. The van der Waals surface area contributed by atoms with Crippen LogP contribution in [0.4, 0.5) is 0 Å². The van der Waals surface area contributed by atoms with Crippen LogP contribution >= 0.6 is 0 Å². The molecule has 0 spiro atoms. The quantitative estimate of drug-likeness (QED) is 0.203. The fourth-order valence-electron chi connectivity index (χ4n) is 2.93. The molecule has 2 fully saturated rings. The van der Waals surface area contributed by atoms with E-state index in [-0.39, 0.29) is 6.61 Å². The number of hydrogen-bond donors (Lipinski definition) is 8. The molecule has 11 atom stereocenters. The molecule has 0 aliphatic carbocycles. The van der Waals surface area contributed by atoms with E-state index < -0.39 is 80.7 Å². The summed E-state index contributed by atoms with van der Waals surface area (Å²) in [5, 5.41) is 78.0. The Morgan fingerprint density at radius 2 is 1.33 bits per heavy atom. The Morgan fingerprint density at radius 1 is 0.778 bits per heavy atom. The van der Waals surface area contributed by atoms with Gasteiger partial charge in [-0.3, -0.25) is 0 Å². The molecule has 8 N–H and O–H groups in total. The second-order valence-electron chi connectivity index (χ2n) is 6.69. The van der Waals surface area contributed by atoms with Gasteiger partial charge in [-0.2, -0.15) is 0 Å². The van der Waals surface area contributed by atoms with Gasteiger partial charge in [0, 0.05) is 0 Å². The molecule has 0 radical (unpaired) electrons. The van der Waals surface area contributed by atoms with Gasteiger partial charge < -0.3 is 59.8 Å². The maximum absolute atomic E-state index is 10.3. The maximum Gasteiger partial charge on any atom is 0.187 e. The van der Waals surface area contributed by atoms with Gasteiger partial charge in [-0.25, -0.2) is 0 Å². The largest absolute Gasteiger partial charge is 0.394 e. The minimum Gasteiger partial charge on any atom is -0.394 e. The molecule has 0 aromatic carbocycles. The molecule has 12 nitrogen and oxygen atoms in total. The summed E-state index contributed by atoms with van der Waals surface area (Å²) in [5.41, 5.74) is 0. The van der Waals surface area contributed by atoms with Gasteiger partial charge in [0.05, 0.1) is 25.9 Å². The monoisotopic (exact) mass is 400 g/mol. The molecule has 2 aliphatic heterocycles. The van der Waals surface area contributed by atoms with Crippen molar-refractivity contribution in [1.29, 1.82) is 0 Å². The van der Waals surface area contributed by atoms with Crippen molar-refractivity contribution in [3.05, 3.63) is 0 Å². The standard InChI is InChI=1S/C15H28O12/c1-5(18)4-24-14-12(23)10(21)13(7(3-17)26-14)27-15-11(22)9(20)8(19)6(2-16)25-15/h5-23H,2-4H2,1H3/t5?,6-,7-,8+,9+,10+,11-,12-,13?,14+,15+/m1/s1. The molecule has 2 saturated heterocycles. The molecule has 27 heavy (non-hydrogen) atoms. The lowest BCUT2D eigenvalue weighted by Gasteiger charge is -2.46. The Bertz CT molecular complexity index is 447. The van der Waals surface area contributed by atoms with Crippen molar-refractivity contribution in [2.45, 2.75) is 74.4 Å². The highest BCUT2D eigenvalue weighted by atomic mass is 16.7. The lowest BCUT2D eigenvalue weighted by atomic mass is 9.97. The number of rotatable bonds is 7. The van der Waals surface area contributed by atoms with Crippen LogP contribution in [0.3, 0.4) is 0 Å². The van der Waals surface area contributed by atoms with Gasteiger partial charge in [-0.15, -0.1) is 0 Å². The van der Waals surface area contributed by atoms with Crippen LogP contribution in [-0.4, -0.2) is 128 Å². The molecular weight excluding hydrogens is 372 g/mol. The van der Waals surface area contributed by atoms with Crippen molar-refractivity contribution in [3.63, 3.8) is 0 Å². The van der Waals surface area contributed by atoms with Crippen LogP contribution in [0.2, 0.25) is 0 Å². The number of hydrogen-bond acceptors (Lipinski definition) is 12. The molecule has 2 aliphatic rings. The first-order valence-corrected chi connectivity index (χ1v) is 8.59. The SMILES string of the molecule is CC(O)CO[C@H]1O[C@H](CO)C(O[C@@H]2O[C@H](CO)[C@H](O)[C@H](O)[C@H]2O)[C@@H](O)[C@H]1O. The molecule has 0 amide bonds. The summed E-state index contributed by atoms with van der Waals surface area (Å²) < 4.78 is 21.1. The van der Waals surface area contributed by atoms with E-state index in [2.05, 4.69) is 0 Å². The predicted octanol–water partition coefficient (Wildman–Crippen LogP) is -4.99. The van der Waals surface area contributed by atoms with E-state index >= 15 is 0 Å². The molecular formula is C15H28O12. The third kappa shape index (κ3) is 5.12. The maximum atomic E-state index is 10.3. The minimum absolute atomic E-state index is 0.190. The van der Waals surface area contributed by atoms with Crippen molar-refractivity contribution in [1.82, 2.24) is 0 Å². The van der Waals surface area contributed by atoms with Crippen LogP contribution in [0.15, 0.2) is 0 Å². The second-order valence-corrected chi connectivity index (χ2v) is 6.69. The van der Waals surface area contributed by atoms with E-state index in [1.165, 1.54) is 6.92 Å². The molecule has 2 heterocycles. The van der Waals surface area contributed by atoms with E-state index in [1.54, 1.807) is 0 Å². The second kappa shape index (κ2) is 9.82. The average molecular weight is 400 g/mol. The third-order valence-corrected chi connectivity index (χ3v) is 4.46. The summed E-state index contributed by atoms with van der Waals surface area (Å²) in [6, 6.07) is 0. The molecule has 2 unspecified atom stereocenters. The minimum atomic E-state index is -1.73. The van der Waals surface area contributed by atoms with E-state index in [0.29, 0.717) is 0 Å². The van der Waals surface area contributed by atoms with Crippen molar-refractivity contribution in [2.24, 2.45) is 0 Å². The fraction of sp³-hybridized carbons (Fsp3) is 1.00. The number of aliphatic hydroxyl groups is 8. The lowest BCUT2D eigenvalue weighted by molar-refractivity contribution is -0.360. The third-order valence-electron chi connectivity index (χ3n) is 4.46. The highest BCUT2D eigenvalue weighted by Gasteiger charge is 2.50. The summed E-state index contributed by atoms with van der Waals surface area (Å²) >= 11 is 0. The molecule has 0 bridgehead atoms. The summed E-state index contributed by atoms with van der Waals surface area (Å²) in [6.45, 7) is -0.0682. The Kier molecular flexibility index (Phi) is 8.30. The van der Waals surface area contributed by atoms with Gasteiger partial charge in [-0.1, -0.05) is 0 Å². The highest BCUT2D eigenvalue weighted by molar-refractivity contribution is 4.94. The molecule has 2 rings (SSSR count). The van der Waals surface area contributed by atoms with Crippen LogP contribution in [0.5, 0.6) is 0 Å². The van der Waals surface area contributed by atoms with Crippen molar-refractivity contribution in [2.75, 3.05) is 19.8 Å². The van der Waals surface area contributed by atoms with Crippen LogP contribution in [0, 0.1) is 0 Å². The van der Waals surface area contributed by atoms with Crippen molar-refractivity contribution in [3.8, 4) is 0 Å². The van der Waals surface area contributed by atoms with Crippen molar-refractivity contribution >= 4 is 0 Å². The summed E-state index contributed by atoms with van der Waals surface area (Å²) in [5.74, 6) is 0. The molecule has 0 aromatic heterocycles. The topological polar surface area (TPSA) is 199 Å². The first-order chi connectivity index (χ1) is 12.7. The zero-order chi connectivity index (χ0) is 20.3. The summed E-state index contributed by atoms with van der Waals surface area (Å²) in [7, 11) is 0. The van der Waals surface area contributed by atoms with Crippen molar-refractivity contribution < 1.29 is 59.8 Å². The smallest absolute Gasteiger partial charge is 0.187 e. The normalized spacial score (nSPS) is 47.0. The Labute approximate surface area is 155 Å². The zero-order valence-electron chi connectivity index (χ0n) is 14.7. The van der Waals surface area contributed by atoms with Crippen LogP contribution in [0.25, 0.3) is 0 Å². The molecule has 0 saturated carbocycles. The average Bonchev–Trinajstić information content (AvgIpc) is 2.64. The Balaban J connectivity index is 2.08. The van der Waals surface area contributed by atoms with Gasteiger partial charge in [-0.05, 0) is 6.92 Å². The van der Waals surface area contributed by atoms with Gasteiger partial charge in [0.15, 0.2) is 12.6 Å². The molecule has 12 heteroatoms. The van der Waals surface area contributed by atoms with E-state index in [9.17, 15) is 40.9 Å². The Morgan fingerprint density at radius 3 is 1.89 bits per heavy atom. The summed E-state index contributed by atoms with van der Waals surface area (Å²) in [4.78, 5) is 0.